The summed E-state index contributed by atoms with van der Waals surface area (Å²) in [6, 6.07) is 7.10. The third kappa shape index (κ3) is 2.73. The van der Waals surface area contributed by atoms with E-state index in [4.69, 9.17) is 4.74 Å². The van der Waals surface area contributed by atoms with Gasteiger partial charge in [0.1, 0.15) is 5.82 Å². The van der Waals surface area contributed by atoms with Gasteiger partial charge in [-0.25, -0.2) is 4.39 Å². The maximum absolute atomic E-state index is 14.0. The molecule has 18 heavy (non-hydrogen) atoms. The van der Waals surface area contributed by atoms with Gasteiger partial charge in [0, 0.05) is 24.5 Å². The molecular weight excluding hydrogens is 229 g/mol. The van der Waals surface area contributed by atoms with E-state index in [9.17, 15) is 4.39 Å². The number of piperidine rings is 1. The van der Waals surface area contributed by atoms with Gasteiger partial charge in [-0.2, -0.15) is 0 Å². The molecule has 1 aliphatic rings. The summed E-state index contributed by atoms with van der Waals surface area (Å²) in [6.45, 7) is 7.43. The molecule has 1 aliphatic heterocycles. The second kappa shape index (κ2) is 5.81. The number of hydrogen-bond donors (Lipinski definition) is 1. The molecule has 100 valence electrons. The van der Waals surface area contributed by atoms with E-state index in [1.807, 2.05) is 19.1 Å². The van der Waals surface area contributed by atoms with Gasteiger partial charge in [0.15, 0.2) is 0 Å². The van der Waals surface area contributed by atoms with Crippen LogP contribution in [0.1, 0.15) is 31.7 Å². The number of rotatable bonds is 4. The molecule has 2 rings (SSSR count). The Kier molecular flexibility index (Phi) is 4.36. The van der Waals surface area contributed by atoms with Crippen molar-refractivity contribution in [1.82, 2.24) is 5.32 Å². The van der Waals surface area contributed by atoms with Crippen LogP contribution in [0.2, 0.25) is 0 Å². The zero-order chi connectivity index (χ0) is 13.0. The molecule has 2 nitrogen and oxygen atoms in total. The van der Waals surface area contributed by atoms with Gasteiger partial charge < -0.3 is 10.1 Å². The monoisotopic (exact) mass is 251 g/mol. The van der Waals surface area contributed by atoms with Crippen molar-refractivity contribution in [2.45, 2.75) is 26.2 Å². The lowest BCUT2D eigenvalue weighted by molar-refractivity contribution is 0.0271. The third-order valence-electron chi connectivity index (χ3n) is 3.98. The van der Waals surface area contributed by atoms with Crippen molar-refractivity contribution in [2.75, 3.05) is 26.3 Å². The van der Waals surface area contributed by atoms with Crippen LogP contribution >= 0.6 is 0 Å². The zero-order valence-corrected chi connectivity index (χ0v) is 11.2. The summed E-state index contributed by atoms with van der Waals surface area (Å²) in [7, 11) is 0. The van der Waals surface area contributed by atoms with Gasteiger partial charge in [-0.3, -0.25) is 0 Å². The predicted molar refractivity (Wildman–Crippen MR) is 71.2 cm³/mol. The van der Waals surface area contributed by atoms with Gasteiger partial charge in [0.25, 0.3) is 0 Å². The molecule has 1 aromatic rings. The minimum absolute atomic E-state index is 0.0173. The van der Waals surface area contributed by atoms with Crippen LogP contribution < -0.4 is 5.32 Å². The summed E-state index contributed by atoms with van der Waals surface area (Å²) >= 11 is 0. The zero-order valence-electron chi connectivity index (χ0n) is 11.2. The van der Waals surface area contributed by atoms with Gasteiger partial charge in [0.05, 0.1) is 6.61 Å². The van der Waals surface area contributed by atoms with Crippen LogP contribution in [-0.2, 0) is 4.74 Å². The average Bonchev–Trinajstić information content (AvgIpc) is 2.38. The van der Waals surface area contributed by atoms with Crippen molar-refractivity contribution < 1.29 is 9.13 Å². The second-order valence-corrected chi connectivity index (χ2v) is 5.32. The van der Waals surface area contributed by atoms with Crippen LogP contribution in [0.15, 0.2) is 24.3 Å². The Hall–Kier alpha value is -0.930. The van der Waals surface area contributed by atoms with Crippen molar-refractivity contribution in [3.63, 3.8) is 0 Å². The first-order valence-electron chi connectivity index (χ1n) is 6.70. The summed E-state index contributed by atoms with van der Waals surface area (Å²) in [5.74, 6) is 0.0768. The molecule has 3 heteroatoms. The highest BCUT2D eigenvalue weighted by Gasteiger charge is 2.38. The molecule has 0 radical (unpaired) electrons. The Morgan fingerprint density at radius 2 is 2.22 bits per heavy atom. The fourth-order valence-corrected chi connectivity index (χ4v) is 2.79. The van der Waals surface area contributed by atoms with E-state index in [0.717, 1.165) is 25.1 Å². The van der Waals surface area contributed by atoms with E-state index >= 15 is 0 Å². The molecular formula is C15H22FNO. The maximum Gasteiger partial charge on any atom is 0.126 e. The SMILES string of the molecule is CCOCC1(C)CCNCC1c1ccccc1F. The number of ether oxygens (including phenoxy) is 1. The van der Waals surface area contributed by atoms with Crippen molar-refractivity contribution in [1.29, 1.82) is 0 Å². The Morgan fingerprint density at radius 1 is 1.44 bits per heavy atom. The lowest BCUT2D eigenvalue weighted by Gasteiger charge is -2.42. The highest BCUT2D eigenvalue weighted by Crippen LogP contribution is 2.41. The second-order valence-electron chi connectivity index (χ2n) is 5.32. The first kappa shape index (κ1) is 13.5. The van der Waals surface area contributed by atoms with Crippen molar-refractivity contribution in [3.8, 4) is 0 Å². The molecule has 0 amide bonds. The molecule has 0 saturated carbocycles. The highest BCUT2D eigenvalue weighted by atomic mass is 19.1. The minimum Gasteiger partial charge on any atom is -0.381 e. The Morgan fingerprint density at radius 3 is 2.94 bits per heavy atom. The van der Waals surface area contributed by atoms with E-state index in [1.54, 1.807) is 12.1 Å². The summed E-state index contributed by atoms with van der Waals surface area (Å²) in [6.07, 6.45) is 1.02. The summed E-state index contributed by atoms with van der Waals surface area (Å²) in [5, 5.41) is 3.37. The molecule has 1 fully saturated rings. The lowest BCUT2D eigenvalue weighted by atomic mass is 9.69. The van der Waals surface area contributed by atoms with Crippen LogP contribution in [-0.4, -0.2) is 26.3 Å². The molecule has 1 saturated heterocycles. The largest absolute Gasteiger partial charge is 0.381 e. The van der Waals surface area contributed by atoms with Gasteiger partial charge in [-0.05, 0) is 31.5 Å². The van der Waals surface area contributed by atoms with Crippen LogP contribution in [0, 0.1) is 11.2 Å². The lowest BCUT2D eigenvalue weighted by Crippen LogP contribution is -2.44. The molecule has 0 bridgehead atoms. The smallest absolute Gasteiger partial charge is 0.126 e. The van der Waals surface area contributed by atoms with E-state index in [-0.39, 0.29) is 17.2 Å². The standard InChI is InChI=1S/C15H22FNO/c1-3-18-11-15(2)8-9-17-10-13(15)12-6-4-5-7-14(12)16/h4-7,13,17H,3,8-11H2,1-2H3. The summed E-state index contributed by atoms with van der Waals surface area (Å²) < 4.78 is 19.6. The van der Waals surface area contributed by atoms with Gasteiger partial charge in [0.2, 0.25) is 0 Å². The van der Waals surface area contributed by atoms with Crippen molar-refractivity contribution in [2.24, 2.45) is 5.41 Å². The summed E-state index contributed by atoms with van der Waals surface area (Å²) in [5.41, 5.74) is 0.829. The quantitative estimate of drug-likeness (QED) is 0.888. The molecule has 2 unspecified atom stereocenters. The van der Waals surface area contributed by atoms with Crippen LogP contribution in [0.5, 0.6) is 0 Å². The highest BCUT2D eigenvalue weighted by molar-refractivity contribution is 5.25. The molecule has 0 aliphatic carbocycles. The molecule has 1 N–H and O–H groups in total. The molecule has 2 atom stereocenters. The number of nitrogens with one attached hydrogen (secondary N) is 1. The maximum atomic E-state index is 14.0. The Balaban J connectivity index is 2.25. The molecule has 0 spiro atoms. The van der Waals surface area contributed by atoms with Crippen LogP contribution in [0.25, 0.3) is 0 Å². The van der Waals surface area contributed by atoms with Crippen molar-refractivity contribution >= 4 is 0 Å². The molecule has 1 aromatic carbocycles. The van der Waals surface area contributed by atoms with E-state index in [2.05, 4.69) is 12.2 Å². The van der Waals surface area contributed by atoms with Crippen LogP contribution in [0.4, 0.5) is 4.39 Å². The van der Waals surface area contributed by atoms with Crippen LogP contribution in [0.3, 0.4) is 0 Å². The van der Waals surface area contributed by atoms with E-state index in [0.29, 0.717) is 13.2 Å². The third-order valence-corrected chi connectivity index (χ3v) is 3.98. The first-order valence-corrected chi connectivity index (χ1v) is 6.70. The molecule has 1 heterocycles. The van der Waals surface area contributed by atoms with E-state index in [1.165, 1.54) is 0 Å². The van der Waals surface area contributed by atoms with Gasteiger partial charge in [-0.15, -0.1) is 0 Å². The Labute approximate surface area is 109 Å². The number of hydrogen-bond acceptors (Lipinski definition) is 2. The topological polar surface area (TPSA) is 21.3 Å². The predicted octanol–water partition coefficient (Wildman–Crippen LogP) is 2.95. The normalized spacial score (nSPS) is 28.3. The number of halogens is 1. The fraction of sp³-hybridized carbons (Fsp3) is 0.600. The van der Waals surface area contributed by atoms with Gasteiger partial charge in [-0.1, -0.05) is 25.1 Å². The first-order chi connectivity index (χ1) is 8.67. The molecule has 0 aromatic heterocycles. The number of benzene rings is 1. The average molecular weight is 251 g/mol. The minimum atomic E-state index is -0.103. The summed E-state index contributed by atoms with van der Waals surface area (Å²) in [4.78, 5) is 0. The van der Waals surface area contributed by atoms with E-state index < -0.39 is 0 Å². The fourth-order valence-electron chi connectivity index (χ4n) is 2.79. The van der Waals surface area contributed by atoms with Gasteiger partial charge >= 0.3 is 0 Å². The Bertz CT molecular complexity index is 396. The van der Waals surface area contributed by atoms with Crippen molar-refractivity contribution in [3.05, 3.63) is 35.6 Å².